The quantitative estimate of drug-likeness (QED) is 0.164. The van der Waals surface area contributed by atoms with Gasteiger partial charge in [-0.2, -0.15) is 0 Å². The van der Waals surface area contributed by atoms with Gasteiger partial charge in [-0.15, -0.1) is 37.7 Å². The molecule has 0 bridgehead atoms. The van der Waals surface area contributed by atoms with Crippen molar-refractivity contribution in [2.24, 2.45) is 11.5 Å². The van der Waals surface area contributed by atoms with Crippen LogP contribution in [0.4, 0.5) is 9.59 Å². The molecule has 0 aliphatic carbocycles. The fraction of sp³-hybridized carbons (Fsp3) is 0.350. The Balaban J connectivity index is 0.00000420. The summed E-state index contributed by atoms with van der Waals surface area (Å²) in [6.45, 7) is 2.43. The molecule has 5 rings (SSSR count). The van der Waals surface area contributed by atoms with Gasteiger partial charge < -0.3 is 51.9 Å². The minimum absolute atomic E-state index is 0. The topological polar surface area (TPSA) is 198 Å². The molecule has 0 aromatic heterocycles. The number of hydrogen-bond donors (Lipinski definition) is 6. The van der Waals surface area contributed by atoms with Crippen molar-refractivity contribution in [3.8, 4) is 24.7 Å². The molecule has 2 heterocycles. The molecule has 298 valence electrons. The van der Waals surface area contributed by atoms with Crippen molar-refractivity contribution in [1.82, 2.24) is 30.2 Å². The number of urea groups is 2. The second-order valence-electron chi connectivity index (χ2n) is 13.2. The fourth-order valence-corrected chi connectivity index (χ4v) is 6.47. The first-order valence-electron chi connectivity index (χ1n) is 17.7. The van der Waals surface area contributed by atoms with E-state index in [1.54, 1.807) is 9.80 Å². The summed E-state index contributed by atoms with van der Waals surface area (Å²) in [6, 6.07) is 20.2. The van der Waals surface area contributed by atoms with Gasteiger partial charge in [0.25, 0.3) is 11.8 Å². The van der Waals surface area contributed by atoms with Crippen LogP contribution in [0, 0.1) is 24.7 Å². The van der Waals surface area contributed by atoms with Crippen molar-refractivity contribution in [2.75, 3.05) is 52.4 Å². The number of carbonyl (C=O) groups is 4. The number of hydrogen-bond acceptors (Lipinski definition) is 8. The Labute approximate surface area is 339 Å². The Kier molecular flexibility index (Phi) is 16.1. The summed E-state index contributed by atoms with van der Waals surface area (Å²) < 4.78 is 0. The van der Waals surface area contributed by atoms with Gasteiger partial charge in [0, 0.05) is 89.7 Å². The van der Waals surface area contributed by atoms with Gasteiger partial charge in [-0.3, -0.25) is 9.59 Å². The van der Waals surface area contributed by atoms with Crippen molar-refractivity contribution in [2.45, 2.75) is 37.4 Å². The summed E-state index contributed by atoms with van der Waals surface area (Å²) >= 11 is 0. The van der Waals surface area contributed by atoms with Crippen LogP contribution < -0.4 is 22.1 Å². The lowest BCUT2D eigenvalue weighted by atomic mass is 9.81. The van der Waals surface area contributed by atoms with E-state index in [2.05, 4.69) is 22.5 Å². The maximum absolute atomic E-state index is 13.9. The third-order valence-electron chi connectivity index (χ3n) is 9.86. The number of aliphatic hydroxyl groups is 2. The monoisotopic (exact) mass is 806 g/mol. The van der Waals surface area contributed by atoms with Gasteiger partial charge in [0.05, 0.1) is 0 Å². The molecule has 2 saturated heterocycles. The number of terminal acetylenes is 2. The third-order valence-corrected chi connectivity index (χ3v) is 9.86. The Morgan fingerprint density at radius 3 is 1.12 bits per heavy atom. The summed E-state index contributed by atoms with van der Waals surface area (Å²) in [4.78, 5) is 59.4. The van der Waals surface area contributed by atoms with Crippen molar-refractivity contribution in [3.05, 3.63) is 106 Å². The normalized spacial score (nSPS) is 16.0. The van der Waals surface area contributed by atoms with Crippen LogP contribution in [-0.2, 0) is 47.0 Å². The van der Waals surface area contributed by atoms with Gasteiger partial charge in [-0.05, 0) is 22.3 Å². The van der Waals surface area contributed by atoms with E-state index in [-0.39, 0.29) is 100 Å². The van der Waals surface area contributed by atoms with Crippen LogP contribution in [0.1, 0.15) is 33.4 Å². The van der Waals surface area contributed by atoms with Crippen molar-refractivity contribution < 1.29 is 29.4 Å². The molecule has 2 unspecified atom stereocenters. The Morgan fingerprint density at radius 2 is 0.839 bits per heavy atom. The molecule has 2 fully saturated rings. The lowest BCUT2D eigenvalue weighted by molar-refractivity contribution is -0.150. The van der Waals surface area contributed by atoms with E-state index in [9.17, 15) is 29.4 Å². The molecule has 56 heavy (non-hydrogen) atoms. The number of halogens is 2. The van der Waals surface area contributed by atoms with E-state index >= 15 is 0 Å². The number of amides is 6. The standard InChI is InChI=1S/C40H46N8O6.2ClH/c1-3-39(53,35(49)45-17-21-47(22-18-45)37(51)43-27-31-13-9-29(25-41)10-14-31)33-7-5-6-8-34(33)40(54,4-2)36(50)46-19-23-48(24-20-46)38(52)44-28-32-15-11-30(26-42)12-16-32;;/h1-2,5-16,53-54H,17-28,41-42H2,(H,43,51)(H,44,52);2*1H. The van der Waals surface area contributed by atoms with Gasteiger partial charge in [-0.1, -0.05) is 84.6 Å². The highest BCUT2D eigenvalue weighted by molar-refractivity contribution is 5.94. The Morgan fingerprint density at radius 1 is 0.554 bits per heavy atom. The predicted octanol–water partition coefficient (Wildman–Crippen LogP) is 1.20. The zero-order valence-electron chi connectivity index (χ0n) is 30.9. The zero-order valence-corrected chi connectivity index (χ0v) is 32.5. The number of carbonyl (C=O) groups excluding carboxylic acids is 4. The largest absolute Gasteiger partial charge is 0.366 e. The van der Waals surface area contributed by atoms with Gasteiger partial charge in [0.2, 0.25) is 11.2 Å². The summed E-state index contributed by atoms with van der Waals surface area (Å²) in [6.07, 6.45) is 11.6. The molecule has 3 aromatic rings. The Bertz CT molecular complexity index is 1780. The summed E-state index contributed by atoms with van der Waals surface area (Å²) in [5.41, 5.74) is 9.43. The average Bonchev–Trinajstić information content (AvgIpc) is 3.24. The number of piperazine rings is 2. The fourth-order valence-electron chi connectivity index (χ4n) is 6.47. The molecule has 8 N–H and O–H groups in total. The number of nitrogens with two attached hydrogens (primary N) is 2. The van der Waals surface area contributed by atoms with Gasteiger partial charge in [0.1, 0.15) is 0 Å². The van der Waals surface area contributed by atoms with Crippen LogP contribution in [0.5, 0.6) is 0 Å². The van der Waals surface area contributed by atoms with Crippen molar-refractivity contribution >= 4 is 48.7 Å². The molecule has 6 amide bonds. The molecule has 0 saturated carbocycles. The number of benzene rings is 3. The lowest BCUT2D eigenvalue weighted by Crippen LogP contribution is -2.58. The summed E-state index contributed by atoms with van der Waals surface area (Å²) in [5, 5.41) is 29.4. The molecule has 3 aromatic carbocycles. The van der Waals surface area contributed by atoms with E-state index in [0.717, 1.165) is 22.3 Å². The minimum atomic E-state index is -2.61. The molecular formula is C40H48Cl2N8O6. The van der Waals surface area contributed by atoms with E-state index < -0.39 is 23.0 Å². The van der Waals surface area contributed by atoms with Gasteiger partial charge in [-0.25, -0.2) is 9.59 Å². The van der Waals surface area contributed by atoms with Crippen LogP contribution in [0.25, 0.3) is 0 Å². The molecular weight excluding hydrogens is 759 g/mol. The van der Waals surface area contributed by atoms with Crippen molar-refractivity contribution in [1.29, 1.82) is 0 Å². The highest BCUT2D eigenvalue weighted by Gasteiger charge is 2.49. The molecule has 0 radical (unpaired) electrons. The predicted molar refractivity (Wildman–Crippen MR) is 216 cm³/mol. The van der Waals surface area contributed by atoms with Crippen LogP contribution >= 0.6 is 24.8 Å². The van der Waals surface area contributed by atoms with E-state index in [1.165, 1.54) is 34.1 Å². The van der Waals surface area contributed by atoms with Crippen LogP contribution in [0.3, 0.4) is 0 Å². The summed E-state index contributed by atoms with van der Waals surface area (Å²) in [7, 11) is 0. The van der Waals surface area contributed by atoms with Crippen molar-refractivity contribution in [3.63, 3.8) is 0 Å². The number of nitrogens with one attached hydrogen (secondary N) is 2. The van der Waals surface area contributed by atoms with Crippen LogP contribution in [0.2, 0.25) is 0 Å². The van der Waals surface area contributed by atoms with Crippen LogP contribution in [0.15, 0.2) is 72.8 Å². The molecule has 2 aliphatic heterocycles. The first kappa shape index (κ1) is 45.1. The third kappa shape index (κ3) is 9.91. The van der Waals surface area contributed by atoms with E-state index in [1.807, 2.05) is 48.5 Å². The SMILES string of the molecule is C#CC(O)(C(=O)N1CCN(C(=O)NCc2ccc(CN)cc2)CC1)c1ccccc1C(O)(C#C)C(=O)N1CCN(C(=O)NCc2ccc(CN)cc2)CC1.Cl.Cl. The Hall–Kier alpha value is -5.32. The van der Waals surface area contributed by atoms with Gasteiger partial charge >= 0.3 is 12.1 Å². The summed E-state index contributed by atoms with van der Waals surface area (Å²) in [5.74, 6) is 2.63. The highest BCUT2D eigenvalue weighted by Crippen LogP contribution is 2.35. The lowest BCUT2D eigenvalue weighted by Gasteiger charge is -2.40. The smallest absolute Gasteiger partial charge is 0.317 e. The second kappa shape index (κ2) is 20.0. The van der Waals surface area contributed by atoms with Gasteiger partial charge in [0.15, 0.2) is 0 Å². The zero-order chi connectivity index (χ0) is 38.9. The molecule has 0 spiro atoms. The average molecular weight is 808 g/mol. The molecule has 2 atom stereocenters. The first-order chi connectivity index (χ1) is 26.0. The minimum Gasteiger partial charge on any atom is -0.366 e. The van der Waals surface area contributed by atoms with E-state index in [0.29, 0.717) is 26.2 Å². The second-order valence-corrected chi connectivity index (χ2v) is 13.2. The van der Waals surface area contributed by atoms with Crippen LogP contribution in [-0.4, -0.2) is 106 Å². The number of rotatable bonds is 10. The first-order valence-corrected chi connectivity index (χ1v) is 17.7. The maximum atomic E-state index is 13.9. The maximum Gasteiger partial charge on any atom is 0.317 e. The molecule has 16 heteroatoms. The highest BCUT2D eigenvalue weighted by atomic mass is 35.5. The van der Waals surface area contributed by atoms with E-state index in [4.69, 9.17) is 24.3 Å². The molecule has 14 nitrogen and oxygen atoms in total. The number of nitrogens with zero attached hydrogens (tertiary/aromatic N) is 4. The molecule has 2 aliphatic rings.